The van der Waals surface area contributed by atoms with E-state index in [-0.39, 0.29) is 17.8 Å². The summed E-state index contributed by atoms with van der Waals surface area (Å²) in [6.45, 7) is 1.91. The Morgan fingerprint density at radius 1 is 1.12 bits per heavy atom. The number of nitrogens with zero attached hydrogens (tertiary/aromatic N) is 2. The third-order valence-electron chi connectivity index (χ3n) is 5.60. The highest BCUT2D eigenvalue weighted by molar-refractivity contribution is 6.07. The van der Waals surface area contributed by atoms with Crippen LogP contribution in [0.25, 0.3) is 0 Å². The number of ether oxygens (including phenoxy) is 2. The average molecular weight is 460 g/mol. The first-order valence-corrected chi connectivity index (χ1v) is 10.2. The molecule has 1 aromatic heterocycles. The molecule has 2 heterocycles. The van der Waals surface area contributed by atoms with Gasteiger partial charge in [0.05, 0.1) is 26.5 Å². The number of fused-ring (bicyclic) bond motifs is 1. The molecule has 10 heteroatoms. The second-order valence-electron chi connectivity index (χ2n) is 7.78. The van der Waals surface area contributed by atoms with Crippen LogP contribution in [0.2, 0.25) is 0 Å². The molecule has 1 amide bonds. The topological polar surface area (TPSA) is 77.4 Å². The van der Waals surface area contributed by atoms with Crippen LogP contribution in [0.4, 0.5) is 24.7 Å². The third-order valence-corrected chi connectivity index (χ3v) is 5.60. The third kappa shape index (κ3) is 4.46. The first-order valence-electron chi connectivity index (χ1n) is 10.2. The van der Waals surface area contributed by atoms with Gasteiger partial charge in [0.25, 0.3) is 5.91 Å². The Kier molecular flexibility index (Phi) is 5.92. The van der Waals surface area contributed by atoms with Crippen LogP contribution in [0.3, 0.4) is 0 Å². The number of alkyl halides is 3. The van der Waals surface area contributed by atoms with E-state index in [0.29, 0.717) is 22.7 Å². The van der Waals surface area contributed by atoms with Crippen molar-refractivity contribution in [1.29, 1.82) is 0 Å². The first kappa shape index (κ1) is 22.5. The number of benzene rings is 2. The standard InChI is InChI=1S/C23H23F3N4O3/c1-13-4-6-14(7-5-13)17-11-20(23(24,25)26)30-21(29-17)16(12-27-30)22(31)28-15-8-9-18(32-2)19(10-15)33-3/h4-10,12,17,20,29H,11H2,1-3H3,(H,28,31)/t17-,20+/m0/s1. The summed E-state index contributed by atoms with van der Waals surface area (Å²) < 4.78 is 52.9. The van der Waals surface area contributed by atoms with Gasteiger partial charge in [-0.2, -0.15) is 18.3 Å². The zero-order chi connectivity index (χ0) is 23.8. The Morgan fingerprint density at radius 2 is 1.82 bits per heavy atom. The number of amides is 1. The normalized spacial score (nSPS) is 17.6. The van der Waals surface area contributed by atoms with Gasteiger partial charge in [0.2, 0.25) is 0 Å². The van der Waals surface area contributed by atoms with Gasteiger partial charge < -0.3 is 20.1 Å². The molecule has 0 radical (unpaired) electrons. The summed E-state index contributed by atoms with van der Waals surface area (Å²) in [6.07, 6.45) is -3.62. The van der Waals surface area contributed by atoms with Crippen LogP contribution in [-0.4, -0.2) is 36.1 Å². The van der Waals surface area contributed by atoms with Gasteiger partial charge in [0, 0.05) is 18.2 Å². The van der Waals surface area contributed by atoms with E-state index in [1.165, 1.54) is 14.2 Å². The van der Waals surface area contributed by atoms with Gasteiger partial charge in [0.15, 0.2) is 17.5 Å². The first-order chi connectivity index (χ1) is 15.7. The lowest BCUT2D eigenvalue weighted by molar-refractivity contribution is -0.173. The molecule has 0 aliphatic carbocycles. The largest absolute Gasteiger partial charge is 0.493 e. The fourth-order valence-corrected chi connectivity index (χ4v) is 3.86. The SMILES string of the molecule is COc1ccc(NC(=O)c2cnn3c2N[C@H](c2ccc(C)cc2)C[C@@H]3C(F)(F)F)cc1OC. The predicted octanol–water partition coefficient (Wildman–Crippen LogP) is 5.12. The van der Waals surface area contributed by atoms with Crippen molar-refractivity contribution in [2.75, 3.05) is 24.9 Å². The smallest absolute Gasteiger partial charge is 0.410 e. The van der Waals surface area contributed by atoms with Crippen molar-refractivity contribution in [2.45, 2.75) is 31.6 Å². The van der Waals surface area contributed by atoms with Gasteiger partial charge in [-0.3, -0.25) is 4.79 Å². The molecule has 7 nitrogen and oxygen atoms in total. The van der Waals surface area contributed by atoms with Crippen molar-refractivity contribution in [3.05, 3.63) is 65.4 Å². The Balaban J connectivity index is 1.66. The molecule has 2 aromatic carbocycles. The fourth-order valence-electron chi connectivity index (χ4n) is 3.86. The second kappa shape index (κ2) is 8.68. The minimum atomic E-state index is -4.52. The van der Waals surface area contributed by atoms with Gasteiger partial charge in [-0.15, -0.1) is 0 Å². The van der Waals surface area contributed by atoms with E-state index in [2.05, 4.69) is 15.7 Å². The minimum absolute atomic E-state index is 0.0100. The molecule has 0 saturated carbocycles. The van der Waals surface area contributed by atoms with E-state index in [0.717, 1.165) is 16.4 Å². The molecule has 0 fully saturated rings. The van der Waals surface area contributed by atoms with E-state index in [9.17, 15) is 18.0 Å². The molecular formula is C23H23F3N4O3. The minimum Gasteiger partial charge on any atom is -0.493 e. The van der Waals surface area contributed by atoms with E-state index >= 15 is 0 Å². The lowest BCUT2D eigenvalue weighted by atomic mass is 9.96. The maximum absolute atomic E-state index is 13.9. The summed E-state index contributed by atoms with van der Waals surface area (Å²) in [5, 5.41) is 9.67. The van der Waals surface area contributed by atoms with E-state index in [1.54, 1.807) is 30.3 Å². The molecule has 0 bridgehead atoms. The van der Waals surface area contributed by atoms with Crippen LogP contribution in [0, 0.1) is 6.92 Å². The lowest BCUT2D eigenvalue weighted by Crippen LogP contribution is -2.36. The van der Waals surface area contributed by atoms with Crippen molar-refractivity contribution in [3.8, 4) is 11.5 Å². The second-order valence-corrected chi connectivity index (χ2v) is 7.78. The lowest BCUT2D eigenvalue weighted by Gasteiger charge is -2.34. The highest BCUT2D eigenvalue weighted by atomic mass is 19.4. The van der Waals surface area contributed by atoms with Gasteiger partial charge in [-0.05, 0) is 24.6 Å². The molecule has 0 saturated heterocycles. The number of aromatic nitrogens is 2. The van der Waals surface area contributed by atoms with Crippen LogP contribution in [0.1, 0.15) is 40.0 Å². The molecule has 1 aliphatic heterocycles. The fraction of sp³-hybridized carbons (Fsp3) is 0.304. The molecule has 33 heavy (non-hydrogen) atoms. The number of halogens is 3. The van der Waals surface area contributed by atoms with Gasteiger partial charge in [-0.1, -0.05) is 29.8 Å². The Morgan fingerprint density at radius 3 is 2.45 bits per heavy atom. The maximum Gasteiger partial charge on any atom is 0.410 e. The summed E-state index contributed by atoms with van der Waals surface area (Å²) in [7, 11) is 2.95. The van der Waals surface area contributed by atoms with E-state index in [1.807, 2.05) is 19.1 Å². The zero-order valence-corrected chi connectivity index (χ0v) is 18.2. The van der Waals surface area contributed by atoms with Gasteiger partial charge in [0.1, 0.15) is 11.4 Å². The number of methoxy groups -OCH3 is 2. The summed E-state index contributed by atoms with van der Waals surface area (Å²) >= 11 is 0. The summed E-state index contributed by atoms with van der Waals surface area (Å²) in [5.74, 6) is 0.310. The molecule has 2 atom stereocenters. The highest BCUT2D eigenvalue weighted by Gasteiger charge is 2.47. The number of nitrogens with one attached hydrogen (secondary N) is 2. The molecule has 2 N–H and O–H groups in total. The van der Waals surface area contributed by atoms with Crippen molar-refractivity contribution in [2.24, 2.45) is 0 Å². The molecule has 0 spiro atoms. The van der Waals surface area contributed by atoms with Crippen LogP contribution in [0.15, 0.2) is 48.7 Å². The van der Waals surface area contributed by atoms with Crippen LogP contribution in [0.5, 0.6) is 11.5 Å². The molecule has 0 unspecified atom stereocenters. The van der Waals surface area contributed by atoms with Crippen molar-refractivity contribution in [3.63, 3.8) is 0 Å². The number of carbonyl (C=O) groups excluding carboxylic acids is 1. The number of rotatable bonds is 5. The molecule has 174 valence electrons. The summed E-state index contributed by atoms with van der Waals surface area (Å²) in [5.41, 5.74) is 2.11. The molecule has 4 rings (SSSR count). The Bertz CT molecular complexity index is 1160. The zero-order valence-electron chi connectivity index (χ0n) is 18.2. The summed E-state index contributed by atoms with van der Waals surface area (Å²) in [4.78, 5) is 13.0. The quantitative estimate of drug-likeness (QED) is 0.553. The number of hydrogen-bond acceptors (Lipinski definition) is 5. The number of carbonyl (C=O) groups is 1. The van der Waals surface area contributed by atoms with Crippen LogP contribution in [-0.2, 0) is 0 Å². The van der Waals surface area contributed by atoms with Gasteiger partial charge >= 0.3 is 6.18 Å². The Hall–Kier alpha value is -3.69. The van der Waals surface area contributed by atoms with Crippen molar-refractivity contribution in [1.82, 2.24) is 9.78 Å². The van der Waals surface area contributed by atoms with Crippen LogP contribution >= 0.6 is 0 Å². The average Bonchev–Trinajstić information content (AvgIpc) is 3.22. The van der Waals surface area contributed by atoms with Gasteiger partial charge in [-0.25, -0.2) is 4.68 Å². The highest BCUT2D eigenvalue weighted by Crippen LogP contribution is 2.44. The van der Waals surface area contributed by atoms with Crippen molar-refractivity contribution < 1.29 is 27.4 Å². The molecular weight excluding hydrogens is 437 g/mol. The van der Waals surface area contributed by atoms with E-state index in [4.69, 9.17) is 9.47 Å². The Labute approximate surface area is 188 Å². The monoisotopic (exact) mass is 460 g/mol. The van der Waals surface area contributed by atoms with E-state index < -0.39 is 24.2 Å². The number of aryl methyl sites for hydroxylation is 1. The summed E-state index contributed by atoms with van der Waals surface area (Å²) in [6, 6.07) is 9.56. The number of anilines is 2. The maximum atomic E-state index is 13.9. The molecule has 3 aromatic rings. The van der Waals surface area contributed by atoms with Crippen molar-refractivity contribution >= 4 is 17.4 Å². The predicted molar refractivity (Wildman–Crippen MR) is 117 cm³/mol. The molecule has 1 aliphatic rings. The number of hydrogen-bond donors (Lipinski definition) is 2. The van der Waals surface area contributed by atoms with Crippen LogP contribution < -0.4 is 20.1 Å².